The highest BCUT2D eigenvalue weighted by Gasteiger charge is 2.21. The molecule has 0 N–H and O–H groups in total. The molecule has 0 saturated carbocycles. The quantitative estimate of drug-likeness (QED) is 0.657. The van der Waals surface area contributed by atoms with Gasteiger partial charge in [0.1, 0.15) is 0 Å². The lowest BCUT2D eigenvalue weighted by molar-refractivity contribution is 0.257. The summed E-state index contributed by atoms with van der Waals surface area (Å²) >= 11 is 0. The van der Waals surface area contributed by atoms with Crippen molar-refractivity contribution in [2.24, 2.45) is 0 Å². The van der Waals surface area contributed by atoms with E-state index in [1.54, 1.807) is 0 Å². The maximum absolute atomic E-state index is 10.7. The third-order valence-electron chi connectivity index (χ3n) is 1.41. The Balaban J connectivity index is 4.35. The van der Waals surface area contributed by atoms with Gasteiger partial charge in [0.05, 0.1) is 0 Å². The standard InChI is InChI=1S/C7H17NO2S/c1-5-6-8(11(9)10)7(2,3)4/h11H,5-6H2,1-4H3. The molecule has 68 valence electrons. The van der Waals surface area contributed by atoms with E-state index in [4.69, 9.17) is 0 Å². The van der Waals surface area contributed by atoms with Crippen molar-refractivity contribution in [3.05, 3.63) is 0 Å². The highest BCUT2D eigenvalue weighted by atomic mass is 32.2. The van der Waals surface area contributed by atoms with Crippen molar-refractivity contribution in [3.8, 4) is 0 Å². The van der Waals surface area contributed by atoms with Gasteiger partial charge in [-0.15, -0.1) is 0 Å². The lowest BCUT2D eigenvalue weighted by atomic mass is 10.1. The first-order valence-electron chi connectivity index (χ1n) is 3.81. The molecule has 3 nitrogen and oxygen atoms in total. The van der Waals surface area contributed by atoms with Crippen LogP contribution in [0.2, 0.25) is 0 Å². The molecule has 0 radical (unpaired) electrons. The molecule has 0 aliphatic rings. The molecule has 0 heterocycles. The number of hydrogen-bond acceptors (Lipinski definition) is 2. The van der Waals surface area contributed by atoms with E-state index in [1.165, 1.54) is 4.31 Å². The number of thiol groups is 1. The molecule has 0 aromatic heterocycles. The monoisotopic (exact) mass is 179 g/mol. The molecule has 11 heavy (non-hydrogen) atoms. The van der Waals surface area contributed by atoms with Crippen LogP contribution in [0.4, 0.5) is 0 Å². The first-order chi connectivity index (χ1) is 4.89. The lowest BCUT2D eigenvalue weighted by Gasteiger charge is -2.29. The zero-order valence-corrected chi connectivity index (χ0v) is 8.52. The third kappa shape index (κ3) is 3.72. The van der Waals surface area contributed by atoms with Crippen LogP contribution in [-0.2, 0) is 10.9 Å². The van der Waals surface area contributed by atoms with Gasteiger partial charge in [0.15, 0.2) is 0 Å². The summed E-state index contributed by atoms with van der Waals surface area (Å²) in [4.78, 5) is 0. The molecule has 0 aromatic carbocycles. The molecule has 0 unspecified atom stereocenters. The molecule has 0 bridgehead atoms. The van der Waals surface area contributed by atoms with Crippen LogP contribution in [0.25, 0.3) is 0 Å². The van der Waals surface area contributed by atoms with Gasteiger partial charge in [-0.1, -0.05) is 6.92 Å². The van der Waals surface area contributed by atoms with Gasteiger partial charge in [-0.25, -0.2) is 8.42 Å². The Hall–Kier alpha value is -0.0900. The molecule has 0 saturated heterocycles. The summed E-state index contributed by atoms with van der Waals surface area (Å²) in [6, 6.07) is 0. The molecule has 0 aromatic rings. The van der Waals surface area contributed by atoms with E-state index in [0.29, 0.717) is 6.54 Å². The van der Waals surface area contributed by atoms with Gasteiger partial charge >= 0.3 is 0 Å². The van der Waals surface area contributed by atoms with E-state index in [-0.39, 0.29) is 5.54 Å². The highest BCUT2D eigenvalue weighted by molar-refractivity contribution is 7.69. The fourth-order valence-electron chi connectivity index (χ4n) is 0.874. The van der Waals surface area contributed by atoms with E-state index >= 15 is 0 Å². The largest absolute Gasteiger partial charge is 0.215 e. The number of rotatable bonds is 3. The Labute approximate surface area is 70.5 Å². The van der Waals surface area contributed by atoms with Gasteiger partial charge in [-0.2, -0.15) is 4.31 Å². The van der Waals surface area contributed by atoms with Crippen LogP contribution in [0, 0.1) is 0 Å². The second-order valence-corrected chi connectivity index (χ2v) is 4.49. The average Bonchev–Trinajstić information content (AvgIpc) is 1.79. The van der Waals surface area contributed by atoms with Crippen LogP contribution in [0.1, 0.15) is 34.1 Å². The minimum absolute atomic E-state index is 0.273. The van der Waals surface area contributed by atoms with Gasteiger partial charge in [0, 0.05) is 12.1 Å². The SMILES string of the molecule is CCCN([SH](=O)=O)C(C)(C)C. The van der Waals surface area contributed by atoms with Crippen molar-refractivity contribution in [3.63, 3.8) is 0 Å². The van der Waals surface area contributed by atoms with Crippen LogP contribution in [0.3, 0.4) is 0 Å². The van der Waals surface area contributed by atoms with Crippen LogP contribution < -0.4 is 0 Å². The van der Waals surface area contributed by atoms with Crippen LogP contribution >= 0.6 is 0 Å². The first kappa shape index (κ1) is 10.9. The van der Waals surface area contributed by atoms with Gasteiger partial charge in [0.25, 0.3) is 0 Å². The summed E-state index contributed by atoms with van der Waals surface area (Å²) in [5.41, 5.74) is -0.273. The first-order valence-corrected chi connectivity index (χ1v) is 4.94. The van der Waals surface area contributed by atoms with E-state index in [1.807, 2.05) is 27.7 Å². The zero-order valence-electron chi connectivity index (χ0n) is 7.63. The molecule has 0 atom stereocenters. The van der Waals surface area contributed by atoms with Crippen molar-refractivity contribution < 1.29 is 8.42 Å². The topological polar surface area (TPSA) is 37.4 Å². The van der Waals surface area contributed by atoms with Gasteiger partial charge < -0.3 is 0 Å². The summed E-state index contributed by atoms with van der Waals surface area (Å²) in [5.74, 6) is 0. The molecule has 0 rings (SSSR count). The smallest absolute Gasteiger partial charge is 0.204 e. The normalized spacial score (nSPS) is 12.9. The second kappa shape index (κ2) is 4.07. The minimum Gasteiger partial charge on any atom is -0.215 e. The maximum atomic E-state index is 10.7. The van der Waals surface area contributed by atoms with Crippen LogP contribution in [-0.4, -0.2) is 24.8 Å². The average molecular weight is 179 g/mol. The molecule has 0 fully saturated rings. The zero-order chi connectivity index (χ0) is 9.07. The van der Waals surface area contributed by atoms with Crippen LogP contribution in [0.5, 0.6) is 0 Å². The summed E-state index contributed by atoms with van der Waals surface area (Å²) < 4.78 is 22.9. The molecule has 0 aliphatic carbocycles. The van der Waals surface area contributed by atoms with Gasteiger partial charge in [-0.05, 0) is 27.2 Å². The third-order valence-corrected chi connectivity index (χ3v) is 2.60. The van der Waals surface area contributed by atoms with Crippen molar-refractivity contribution in [2.75, 3.05) is 6.54 Å². The second-order valence-electron chi connectivity index (χ2n) is 3.53. The summed E-state index contributed by atoms with van der Waals surface area (Å²) in [7, 11) is -2.42. The molecule has 0 amide bonds. The van der Waals surface area contributed by atoms with Gasteiger partial charge in [0.2, 0.25) is 10.9 Å². The Kier molecular flexibility index (Phi) is 4.03. The summed E-state index contributed by atoms with van der Waals surface area (Å²) in [6.07, 6.45) is 0.862. The molecular weight excluding hydrogens is 162 g/mol. The van der Waals surface area contributed by atoms with Crippen molar-refractivity contribution >= 4 is 10.9 Å². The minimum atomic E-state index is -2.42. The maximum Gasteiger partial charge on any atom is 0.204 e. The predicted octanol–water partition coefficient (Wildman–Crippen LogP) is 1.02. The van der Waals surface area contributed by atoms with Crippen molar-refractivity contribution in [1.82, 2.24) is 4.31 Å². The Morgan fingerprint density at radius 3 is 1.82 bits per heavy atom. The Morgan fingerprint density at radius 1 is 1.27 bits per heavy atom. The predicted molar refractivity (Wildman–Crippen MR) is 47.1 cm³/mol. The summed E-state index contributed by atoms with van der Waals surface area (Å²) in [5, 5.41) is 0. The lowest BCUT2D eigenvalue weighted by Crippen LogP contribution is -2.40. The fraction of sp³-hybridized carbons (Fsp3) is 1.00. The Morgan fingerprint density at radius 2 is 1.73 bits per heavy atom. The highest BCUT2D eigenvalue weighted by Crippen LogP contribution is 2.12. The summed E-state index contributed by atoms with van der Waals surface area (Å²) in [6.45, 7) is 8.27. The Bertz CT molecular complexity index is 173. The van der Waals surface area contributed by atoms with E-state index < -0.39 is 10.9 Å². The fourth-order valence-corrected chi connectivity index (χ4v) is 1.73. The number of nitrogens with zero attached hydrogens (tertiary/aromatic N) is 1. The van der Waals surface area contributed by atoms with E-state index in [9.17, 15) is 8.42 Å². The van der Waals surface area contributed by atoms with E-state index in [2.05, 4.69) is 0 Å². The molecule has 0 spiro atoms. The van der Waals surface area contributed by atoms with Gasteiger partial charge in [-0.3, -0.25) is 0 Å². The van der Waals surface area contributed by atoms with E-state index in [0.717, 1.165) is 6.42 Å². The molecular formula is C7H17NO2S. The molecule has 0 aliphatic heterocycles. The van der Waals surface area contributed by atoms with Crippen molar-refractivity contribution in [1.29, 1.82) is 0 Å². The van der Waals surface area contributed by atoms with Crippen LogP contribution in [0.15, 0.2) is 0 Å². The number of hydrogen-bond donors (Lipinski definition) is 1. The van der Waals surface area contributed by atoms with Crippen molar-refractivity contribution in [2.45, 2.75) is 39.7 Å². The molecule has 4 heteroatoms.